The third-order valence-electron chi connectivity index (χ3n) is 4.55. The fourth-order valence-electron chi connectivity index (χ4n) is 3.15. The second kappa shape index (κ2) is 12.2. The molecule has 0 aliphatic carbocycles. The van der Waals surface area contributed by atoms with Crippen molar-refractivity contribution in [1.29, 1.82) is 0 Å². The van der Waals surface area contributed by atoms with Crippen LogP contribution in [0, 0.1) is 5.41 Å². The van der Waals surface area contributed by atoms with Crippen LogP contribution in [0.4, 0.5) is 0 Å². The standard InChI is InChI=1S/C18H36O2/c1-4-7-10-11-15-18(13-8-5-2,14-9-6-3)16-12-17(19)20/h4-16H2,1-3H3,(H,19,20). The largest absolute Gasteiger partial charge is 0.481 e. The van der Waals surface area contributed by atoms with Gasteiger partial charge in [0.1, 0.15) is 0 Å². The first kappa shape index (κ1) is 19.5. The summed E-state index contributed by atoms with van der Waals surface area (Å²) in [4.78, 5) is 11.0. The molecule has 20 heavy (non-hydrogen) atoms. The van der Waals surface area contributed by atoms with E-state index < -0.39 is 5.97 Å². The first-order chi connectivity index (χ1) is 9.60. The Morgan fingerprint density at radius 1 is 0.750 bits per heavy atom. The Bertz CT molecular complexity index is 228. The predicted molar refractivity (Wildman–Crippen MR) is 87.1 cm³/mol. The lowest BCUT2D eigenvalue weighted by Gasteiger charge is -2.34. The Labute approximate surface area is 126 Å². The summed E-state index contributed by atoms with van der Waals surface area (Å²) in [6.07, 6.45) is 15.0. The highest BCUT2D eigenvalue weighted by Crippen LogP contribution is 2.41. The summed E-state index contributed by atoms with van der Waals surface area (Å²) in [5, 5.41) is 9.04. The summed E-state index contributed by atoms with van der Waals surface area (Å²) < 4.78 is 0. The average Bonchev–Trinajstić information content (AvgIpc) is 2.44. The summed E-state index contributed by atoms with van der Waals surface area (Å²) in [6.45, 7) is 6.71. The van der Waals surface area contributed by atoms with Gasteiger partial charge in [-0.2, -0.15) is 0 Å². The van der Waals surface area contributed by atoms with Crippen LogP contribution < -0.4 is 0 Å². The predicted octanol–water partition coefficient (Wildman–Crippen LogP) is 6.19. The average molecular weight is 284 g/mol. The third-order valence-corrected chi connectivity index (χ3v) is 4.55. The van der Waals surface area contributed by atoms with Gasteiger partial charge in [-0.3, -0.25) is 4.79 Å². The van der Waals surface area contributed by atoms with Crippen LogP contribution in [0.1, 0.15) is 104 Å². The van der Waals surface area contributed by atoms with Gasteiger partial charge in [-0.15, -0.1) is 0 Å². The second-order valence-electron chi connectivity index (χ2n) is 6.41. The summed E-state index contributed by atoms with van der Waals surface area (Å²) in [7, 11) is 0. The van der Waals surface area contributed by atoms with E-state index in [9.17, 15) is 4.79 Å². The number of carboxylic acid groups (broad SMARTS) is 1. The third kappa shape index (κ3) is 9.39. The molecule has 0 aliphatic heterocycles. The van der Waals surface area contributed by atoms with Gasteiger partial charge in [0.15, 0.2) is 0 Å². The van der Waals surface area contributed by atoms with Crippen molar-refractivity contribution in [3.63, 3.8) is 0 Å². The van der Waals surface area contributed by atoms with Gasteiger partial charge in [-0.25, -0.2) is 0 Å². The second-order valence-corrected chi connectivity index (χ2v) is 6.41. The van der Waals surface area contributed by atoms with Crippen LogP contribution in [-0.2, 0) is 4.79 Å². The van der Waals surface area contributed by atoms with Crippen LogP contribution in [0.25, 0.3) is 0 Å². The van der Waals surface area contributed by atoms with Gasteiger partial charge in [0, 0.05) is 6.42 Å². The lowest BCUT2D eigenvalue weighted by Crippen LogP contribution is -2.22. The molecule has 0 aromatic carbocycles. The van der Waals surface area contributed by atoms with E-state index in [2.05, 4.69) is 20.8 Å². The number of rotatable bonds is 14. The molecule has 0 amide bonds. The molecular weight excluding hydrogens is 248 g/mol. The smallest absolute Gasteiger partial charge is 0.303 e. The first-order valence-corrected chi connectivity index (χ1v) is 8.82. The van der Waals surface area contributed by atoms with Crippen molar-refractivity contribution in [1.82, 2.24) is 0 Å². The molecule has 0 unspecified atom stereocenters. The Morgan fingerprint density at radius 3 is 1.70 bits per heavy atom. The van der Waals surface area contributed by atoms with E-state index in [4.69, 9.17) is 5.11 Å². The molecular formula is C18H36O2. The van der Waals surface area contributed by atoms with Crippen molar-refractivity contribution in [2.24, 2.45) is 5.41 Å². The van der Waals surface area contributed by atoms with E-state index in [0.717, 1.165) is 6.42 Å². The lowest BCUT2D eigenvalue weighted by molar-refractivity contribution is -0.137. The zero-order chi connectivity index (χ0) is 15.3. The minimum Gasteiger partial charge on any atom is -0.481 e. The van der Waals surface area contributed by atoms with Crippen LogP contribution in [-0.4, -0.2) is 11.1 Å². The topological polar surface area (TPSA) is 37.3 Å². The maximum atomic E-state index is 11.0. The monoisotopic (exact) mass is 284 g/mol. The molecule has 0 aliphatic rings. The molecule has 120 valence electrons. The molecule has 0 fully saturated rings. The first-order valence-electron chi connectivity index (χ1n) is 8.82. The van der Waals surface area contributed by atoms with Crippen molar-refractivity contribution >= 4 is 5.97 Å². The Kier molecular flexibility index (Phi) is 11.9. The van der Waals surface area contributed by atoms with Crippen LogP contribution in [0.3, 0.4) is 0 Å². The Balaban J connectivity index is 4.55. The van der Waals surface area contributed by atoms with Crippen molar-refractivity contribution in [3.8, 4) is 0 Å². The van der Waals surface area contributed by atoms with Gasteiger partial charge in [0.2, 0.25) is 0 Å². The number of carbonyl (C=O) groups is 1. The maximum absolute atomic E-state index is 11.0. The van der Waals surface area contributed by atoms with E-state index >= 15 is 0 Å². The van der Waals surface area contributed by atoms with Gasteiger partial charge in [-0.1, -0.05) is 72.1 Å². The van der Waals surface area contributed by atoms with Crippen molar-refractivity contribution in [2.45, 2.75) is 104 Å². The highest BCUT2D eigenvalue weighted by Gasteiger charge is 2.28. The van der Waals surface area contributed by atoms with E-state index in [-0.39, 0.29) is 0 Å². The molecule has 0 saturated heterocycles. The van der Waals surface area contributed by atoms with Gasteiger partial charge in [0.25, 0.3) is 0 Å². The number of unbranched alkanes of at least 4 members (excludes halogenated alkanes) is 5. The normalized spacial score (nSPS) is 11.8. The molecule has 0 saturated carbocycles. The van der Waals surface area contributed by atoms with Crippen LogP contribution in [0.5, 0.6) is 0 Å². The number of aliphatic carboxylic acids is 1. The summed E-state index contributed by atoms with van der Waals surface area (Å²) in [5.41, 5.74) is 0.304. The maximum Gasteiger partial charge on any atom is 0.303 e. The molecule has 0 atom stereocenters. The SMILES string of the molecule is CCCCCCC(CCCC)(CCCC)CCC(=O)O. The molecule has 0 bridgehead atoms. The van der Waals surface area contributed by atoms with E-state index in [1.807, 2.05) is 0 Å². The molecule has 2 nitrogen and oxygen atoms in total. The summed E-state index contributed by atoms with van der Waals surface area (Å²) >= 11 is 0. The van der Waals surface area contributed by atoms with Crippen molar-refractivity contribution in [2.75, 3.05) is 0 Å². The van der Waals surface area contributed by atoms with Crippen LogP contribution in [0.15, 0.2) is 0 Å². The van der Waals surface area contributed by atoms with Gasteiger partial charge < -0.3 is 5.11 Å². The molecule has 2 heteroatoms. The van der Waals surface area contributed by atoms with Crippen LogP contribution >= 0.6 is 0 Å². The number of hydrogen-bond acceptors (Lipinski definition) is 1. The van der Waals surface area contributed by atoms with E-state index in [1.54, 1.807) is 0 Å². The minimum absolute atomic E-state index is 0.304. The fraction of sp³-hybridized carbons (Fsp3) is 0.944. The molecule has 0 radical (unpaired) electrons. The van der Waals surface area contributed by atoms with Gasteiger partial charge in [0.05, 0.1) is 0 Å². The Morgan fingerprint density at radius 2 is 1.25 bits per heavy atom. The van der Waals surface area contributed by atoms with Gasteiger partial charge in [-0.05, 0) is 31.1 Å². The molecule has 0 spiro atoms. The van der Waals surface area contributed by atoms with E-state index in [0.29, 0.717) is 11.8 Å². The van der Waals surface area contributed by atoms with E-state index in [1.165, 1.54) is 70.6 Å². The zero-order valence-electron chi connectivity index (χ0n) is 14.0. The molecule has 1 N–H and O–H groups in total. The lowest BCUT2D eigenvalue weighted by atomic mass is 9.71. The molecule has 0 aromatic rings. The Hall–Kier alpha value is -0.530. The quantitative estimate of drug-likeness (QED) is 0.386. The number of hydrogen-bond donors (Lipinski definition) is 1. The summed E-state index contributed by atoms with van der Waals surface area (Å²) in [6, 6.07) is 0. The molecule has 0 rings (SSSR count). The summed E-state index contributed by atoms with van der Waals surface area (Å²) in [5.74, 6) is -0.629. The minimum atomic E-state index is -0.629. The number of carboxylic acids is 1. The highest BCUT2D eigenvalue weighted by atomic mass is 16.4. The van der Waals surface area contributed by atoms with Gasteiger partial charge >= 0.3 is 5.97 Å². The van der Waals surface area contributed by atoms with Crippen molar-refractivity contribution < 1.29 is 9.90 Å². The highest BCUT2D eigenvalue weighted by molar-refractivity contribution is 5.66. The molecule has 0 heterocycles. The molecule has 0 aromatic heterocycles. The fourth-order valence-corrected chi connectivity index (χ4v) is 3.15. The van der Waals surface area contributed by atoms with Crippen molar-refractivity contribution in [3.05, 3.63) is 0 Å². The van der Waals surface area contributed by atoms with Crippen LogP contribution in [0.2, 0.25) is 0 Å². The zero-order valence-corrected chi connectivity index (χ0v) is 14.0.